The van der Waals surface area contributed by atoms with E-state index >= 15 is 0 Å². The molecule has 1 amide bonds. The lowest BCUT2D eigenvalue weighted by Gasteiger charge is -2.11. The molecule has 5 heteroatoms. The second-order valence-corrected chi connectivity index (χ2v) is 8.20. The maximum absolute atomic E-state index is 13.0. The van der Waals surface area contributed by atoms with Crippen LogP contribution in [-0.2, 0) is 0 Å². The van der Waals surface area contributed by atoms with Crippen LogP contribution >= 0.6 is 38.5 Å². The number of aromatic nitrogens is 1. The predicted molar refractivity (Wildman–Crippen MR) is 122 cm³/mol. The minimum absolute atomic E-state index is 0.145. The van der Waals surface area contributed by atoms with Crippen molar-refractivity contribution >= 4 is 61.0 Å². The number of carbonyl (C=O) groups is 1. The van der Waals surface area contributed by atoms with Gasteiger partial charge in [-0.1, -0.05) is 46.3 Å². The van der Waals surface area contributed by atoms with Gasteiger partial charge in [0.15, 0.2) is 0 Å². The monoisotopic (exact) mass is 528 g/mol. The lowest BCUT2D eigenvalue weighted by atomic mass is 10.0. The summed E-state index contributed by atoms with van der Waals surface area (Å²) in [5.74, 6) is -0.145. The Balaban J connectivity index is 1.79. The van der Waals surface area contributed by atoms with Crippen LogP contribution in [0.2, 0.25) is 0 Å². The van der Waals surface area contributed by atoms with Crippen molar-refractivity contribution in [2.45, 2.75) is 0 Å². The Morgan fingerprint density at radius 1 is 0.926 bits per heavy atom. The van der Waals surface area contributed by atoms with Gasteiger partial charge in [0.1, 0.15) is 0 Å². The number of nitrogens with one attached hydrogen (secondary N) is 1. The van der Waals surface area contributed by atoms with Crippen LogP contribution in [0.4, 0.5) is 5.69 Å². The van der Waals surface area contributed by atoms with Crippen molar-refractivity contribution in [3.63, 3.8) is 0 Å². The van der Waals surface area contributed by atoms with Crippen molar-refractivity contribution in [2.24, 2.45) is 0 Å². The van der Waals surface area contributed by atoms with Gasteiger partial charge in [-0.15, -0.1) is 0 Å². The number of anilines is 1. The molecule has 0 spiro atoms. The Labute approximate surface area is 179 Å². The zero-order chi connectivity index (χ0) is 18.8. The van der Waals surface area contributed by atoms with E-state index in [9.17, 15) is 4.79 Å². The van der Waals surface area contributed by atoms with Crippen LogP contribution in [0.25, 0.3) is 22.2 Å². The second-order valence-electron chi connectivity index (χ2n) is 6.04. The van der Waals surface area contributed by atoms with Crippen LogP contribution in [0.15, 0.2) is 83.3 Å². The average molecular weight is 529 g/mol. The fourth-order valence-corrected chi connectivity index (χ4v) is 3.49. The van der Waals surface area contributed by atoms with Gasteiger partial charge in [-0.2, -0.15) is 0 Å². The molecule has 0 aliphatic carbocycles. The first kappa shape index (κ1) is 18.1. The zero-order valence-corrected chi connectivity index (χ0v) is 17.9. The van der Waals surface area contributed by atoms with E-state index in [1.807, 2.05) is 78.9 Å². The van der Waals surface area contributed by atoms with E-state index in [1.165, 1.54) is 0 Å². The number of para-hydroxylation sites is 1. The third-order valence-corrected chi connectivity index (χ3v) is 5.45. The number of nitrogens with zero attached hydrogens (tertiary/aromatic N) is 1. The van der Waals surface area contributed by atoms with E-state index in [-0.39, 0.29) is 5.91 Å². The first-order valence-electron chi connectivity index (χ1n) is 8.33. The van der Waals surface area contributed by atoms with Gasteiger partial charge in [-0.05, 0) is 71.1 Å². The molecular weight excluding hydrogens is 515 g/mol. The maximum Gasteiger partial charge on any atom is 0.256 e. The fraction of sp³-hybridized carbons (Fsp3) is 0. The standard InChI is InChI=1S/C22H14BrIN2O/c23-15-7-5-14(6-8-15)21-13-19(18-3-1-2-4-20(18)26-21)22(27)25-17-11-9-16(24)10-12-17/h1-13H,(H,25,27). The molecule has 0 fully saturated rings. The number of pyridine rings is 1. The van der Waals surface area contributed by atoms with Crippen LogP contribution < -0.4 is 5.32 Å². The molecule has 0 saturated carbocycles. The van der Waals surface area contributed by atoms with Crippen LogP contribution in [0.5, 0.6) is 0 Å². The summed E-state index contributed by atoms with van der Waals surface area (Å²) in [5, 5.41) is 3.82. The molecule has 1 N–H and O–H groups in total. The second kappa shape index (κ2) is 7.78. The number of amides is 1. The van der Waals surface area contributed by atoms with Crippen LogP contribution in [-0.4, -0.2) is 10.9 Å². The van der Waals surface area contributed by atoms with Gasteiger partial charge in [0.25, 0.3) is 5.91 Å². The highest BCUT2D eigenvalue weighted by Gasteiger charge is 2.14. The molecular formula is C22H14BrIN2O. The summed E-state index contributed by atoms with van der Waals surface area (Å²) in [6.07, 6.45) is 0. The summed E-state index contributed by atoms with van der Waals surface area (Å²) in [4.78, 5) is 17.7. The van der Waals surface area contributed by atoms with E-state index in [0.717, 1.165) is 35.9 Å². The summed E-state index contributed by atoms with van der Waals surface area (Å²) in [6, 6.07) is 25.2. The normalized spacial score (nSPS) is 10.7. The quantitative estimate of drug-likeness (QED) is 0.307. The Hall–Kier alpha value is -2.25. The van der Waals surface area contributed by atoms with Crippen molar-refractivity contribution in [3.05, 3.63) is 92.5 Å². The highest BCUT2D eigenvalue weighted by atomic mass is 127. The van der Waals surface area contributed by atoms with E-state index < -0.39 is 0 Å². The van der Waals surface area contributed by atoms with Crippen molar-refractivity contribution in [1.29, 1.82) is 0 Å². The molecule has 0 saturated heterocycles. The summed E-state index contributed by atoms with van der Waals surface area (Å²) in [7, 11) is 0. The van der Waals surface area contributed by atoms with Gasteiger partial charge in [-0.3, -0.25) is 4.79 Å². The topological polar surface area (TPSA) is 42.0 Å². The molecule has 0 unspecified atom stereocenters. The third kappa shape index (κ3) is 4.04. The lowest BCUT2D eigenvalue weighted by molar-refractivity contribution is 0.102. The van der Waals surface area contributed by atoms with E-state index in [2.05, 4.69) is 43.8 Å². The first-order valence-corrected chi connectivity index (χ1v) is 10.2. The molecule has 1 aromatic heterocycles. The third-order valence-electron chi connectivity index (χ3n) is 4.20. The van der Waals surface area contributed by atoms with Crippen LogP contribution in [0.3, 0.4) is 0 Å². The summed E-state index contributed by atoms with van der Waals surface area (Å²) >= 11 is 5.69. The number of rotatable bonds is 3. The van der Waals surface area contributed by atoms with E-state index in [1.54, 1.807) is 0 Å². The van der Waals surface area contributed by atoms with Crippen molar-refractivity contribution in [2.75, 3.05) is 5.32 Å². The van der Waals surface area contributed by atoms with E-state index in [4.69, 9.17) is 4.98 Å². The molecule has 27 heavy (non-hydrogen) atoms. The minimum Gasteiger partial charge on any atom is -0.322 e. The molecule has 132 valence electrons. The van der Waals surface area contributed by atoms with Gasteiger partial charge in [0, 0.05) is 24.7 Å². The lowest BCUT2D eigenvalue weighted by Crippen LogP contribution is -2.13. The Kier molecular flexibility index (Phi) is 5.22. The molecule has 4 rings (SSSR count). The van der Waals surface area contributed by atoms with Gasteiger partial charge in [-0.25, -0.2) is 4.98 Å². The number of fused-ring (bicyclic) bond motifs is 1. The number of carbonyl (C=O) groups excluding carboxylic acids is 1. The highest BCUT2D eigenvalue weighted by molar-refractivity contribution is 14.1. The predicted octanol–water partition coefficient (Wildman–Crippen LogP) is 6.52. The maximum atomic E-state index is 13.0. The molecule has 4 aromatic rings. The molecule has 0 bridgehead atoms. The van der Waals surface area contributed by atoms with Gasteiger partial charge in [0.2, 0.25) is 0 Å². The van der Waals surface area contributed by atoms with Crippen molar-refractivity contribution < 1.29 is 4.79 Å². The van der Waals surface area contributed by atoms with E-state index in [0.29, 0.717) is 5.56 Å². The Bertz CT molecular complexity index is 1130. The highest BCUT2D eigenvalue weighted by Crippen LogP contribution is 2.26. The first-order chi connectivity index (χ1) is 13.1. The summed E-state index contributed by atoms with van der Waals surface area (Å²) in [6.45, 7) is 0. The average Bonchev–Trinajstić information content (AvgIpc) is 2.69. The number of benzene rings is 3. The van der Waals surface area contributed by atoms with Crippen molar-refractivity contribution in [3.8, 4) is 11.3 Å². The van der Waals surface area contributed by atoms with Gasteiger partial charge >= 0.3 is 0 Å². The van der Waals surface area contributed by atoms with Gasteiger partial charge in [0.05, 0.1) is 16.8 Å². The number of hydrogen-bond donors (Lipinski definition) is 1. The molecule has 0 aliphatic heterocycles. The molecule has 0 aliphatic rings. The number of halogens is 2. The fourth-order valence-electron chi connectivity index (χ4n) is 2.86. The Morgan fingerprint density at radius 2 is 1.63 bits per heavy atom. The Morgan fingerprint density at radius 3 is 2.37 bits per heavy atom. The molecule has 1 heterocycles. The molecule has 0 radical (unpaired) electrons. The summed E-state index contributed by atoms with van der Waals surface area (Å²) < 4.78 is 2.13. The largest absolute Gasteiger partial charge is 0.322 e. The minimum atomic E-state index is -0.145. The smallest absolute Gasteiger partial charge is 0.256 e. The zero-order valence-electron chi connectivity index (χ0n) is 14.1. The summed E-state index contributed by atoms with van der Waals surface area (Å²) in [5.41, 5.74) is 3.91. The van der Waals surface area contributed by atoms with Crippen molar-refractivity contribution in [1.82, 2.24) is 4.98 Å². The van der Waals surface area contributed by atoms with Crippen LogP contribution in [0.1, 0.15) is 10.4 Å². The number of hydrogen-bond acceptors (Lipinski definition) is 2. The molecule has 0 atom stereocenters. The SMILES string of the molecule is O=C(Nc1ccc(I)cc1)c1cc(-c2ccc(Br)cc2)nc2ccccc12. The molecule has 3 aromatic carbocycles. The van der Waals surface area contributed by atoms with Crippen LogP contribution in [0, 0.1) is 3.57 Å². The molecule has 3 nitrogen and oxygen atoms in total. The van der Waals surface area contributed by atoms with Gasteiger partial charge < -0.3 is 5.32 Å².